The minimum atomic E-state index is -0.261. The van der Waals surface area contributed by atoms with Crippen LogP contribution in [0.3, 0.4) is 0 Å². The molecule has 0 unspecified atom stereocenters. The molecule has 0 amide bonds. The normalized spacial score (nSPS) is 21.9. The maximum absolute atomic E-state index is 10.1. The molecule has 0 saturated carbocycles. The molecule has 2 N–H and O–H groups in total. The Morgan fingerprint density at radius 1 is 1.04 bits per heavy atom. The Balaban J connectivity index is 1.37. The van der Waals surface area contributed by atoms with E-state index in [1.807, 2.05) is 18.3 Å². The van der Waals surface area contributed by atoms with Crippen LogP contribution in [0.2, 0.25) is 0 Å². The maximum Gasteiger partial charge on any atom is 0.227 e. The molecule has 2 aliphatic heterocycles. The van der Waals surface area contributed by atoms with Gasteiger partial charge in [0.1, 0.15) is 5.82 Å². The number of piperidine rings is 1. The van der Waals surface area contributed by atoms with E-state index in [1.165, 1.54) is 5.56 Å². The summed E-state index contributed by atoms with van der Waals surface area (Å²) in [6.45, 7) is 3.44. The Morgan fingerprint density at radius 3 is 2.50 bits per heavy atom. The lowest BCUT2D eigenvalue weighted by atomic mass is 9.75. The van der Waals surface area contributed by atoms with Gasteiger partial charge in [-0.15, -0.1) is 0 Å². The van der Waals surface area contributed by atoms with Crippen molar-refractivity contribution in [1.82, 2.24) is 9.97 Å². The topological polar surface area (TPSA) is 72.7 Å². The van der Waals surface area contributed by atoms with Crippen LogP contribution >= 0.6 is 0 Å². The number of nitrogens with zero attached hydrogens (tertiary/aromatic N) is 4. The Bertz CT molecular complexity index is 762. The zero-order valence-corrected chi connectivity index (χ0v) is 16.4. The van der Waals surface area contributed by atoms with Crippen molar-refractivity contribution in [2.45, 2.75) is 38.2 Å². The van der Waals surface area contributed by atoms with Crippen LogP contribution in [0.25, 0.3) is 0 Å². The minimum Gasteiger partial charge on any atom is -0.396 e. The van der Waals surface area contributed by atoms with Crippen LogP contribution in [0.15, 0.2) is 42.6 Å². The first-order valence-electron chi connectivity index (χ1n) is 10.3. The third kappa shape index (κ3) is 4.28. The van der Waals surface area contributed by atoms with Crippen molar-refractivity contribution in [2.24, 2.45) is 5.41 Å². The van der Waals surface area contributed by atoms with E-state index in [9.17, 15) is 10.2 Å². The summed E-state index contributed by atoms with van der Waals surface area (Å²) in [4.78, 5) is 13.6. The summed E-state index contributed by atoms with van der Waals surface area (Å²) in [5.41, 5.74) is 1.32. The molecule has 2 aliphatic rings. The second kappa shape index (κ2) is 8.45. The average Bonchev–Trinajstić information content (AvgIpc) is 3.20. The van der Waals surface area contributed by atoms with Crippen molar-refractivity contribution in [1.29, 1.82) is 0 Å². The molecule has 1 atom stereocenters. The number of benzene rings is 1. The first kappa shape index (κ1) is 19.2. The van der Waals surface area contributed by atoms with Gasteiger partial charge >= 0.3 is 0 Å². The lowest BCUT2D eigenvalue weighted by Gasteiger charge is -2.41. The van der Waals surface area contributed by atoms with Gasteiger partial charge in [-0.05, 0) is 49.1 Å². The quantitative estimate of drug-likeness (QED) is 0.798. The lowest BCUT2D eigenvalue weighted by molar-refractivity contribution is 0.0871. The molecule has 0 spiro atoms. The van der Waals surface area contributed by atoms with Crippen molar-refractivity contribution in [3.63, 3.8) is 0 Å². The zero-order chi connectivity index (χ0) is 19.4. The Hall–Kier alpha value is -2.18. The van der Waals surface area contributed by atoms with Crippen LogP contribution in [0, 0.1) is 5.41 Å². The molecule has 2 aromatic rings. The van der Waals surface area contributed by atoms with E-state index in [0.717, 1.165) is 63.5 Å². The molecule has 2 fully saturated rings. The lowest BCUT2D eigenvalue weighted by Crippen LogP contribution is -2.43. The molecule has 0 bridgehead atoms. The molecule has 28 heavy (non-hydrogen) atoms. The van der Waals surface area contributed by atoms with Gasteiger partial charge in [0.25, 0.3) is 0 Å². The first-order chi connectivity index (χ1) is 13.7. The standard InChI is InChI=1S/C22H30N4O2/c27-17-22(9-6-18-4-2-1-3-5-18)10-14-25(15-11-22)21-23-12-7-20(24-21)26-13-8-19(28)16-26/h1-5,7,12,19,27-28H,6,8-11,13-17H2/t19-/m1/s1. The molecule has 150 valence electrons. The van der Waals surface area contributed by atoms with Crippen molar-refractivity contribution >= 4 is 11.8 Å². The number of aryl methyl sites for hydroxylation is 1. The Kier molecular flexibility index (Phi) is 5.78. The van der Waals surface area contributed by atoms with E-state index >= 15 is 0 Å². The Labute approximate surface area is 166 Å². The zero-order valence-electron chi connectivity index (χ0n) is 16.4. The van der Waals surface area contributed by atoms with E-state index in [4.69, 9.17) is 4.98 Å². The first-order valence-corrected chi connectivity index (χ1v) is 10.3. The summed E-state index contributed by atoms with van der Waals surface area (Å²) in [5, 5.41) is 19.9. The predicted molar refractivity (Wildman–Crippen MR) is 111 cm³/mol. The molecule has 3 heterocycles. The minimum absolute atomic E-state index is 0.0109. The summed E-state index contributed by atoms with van der Waals surface area (Å²) in [6, 6.07) is 12.4. The fourth-order valence-electron chi connectivity index (χ4n) is 4.34. The van der Waals surface area contributed by atoms with Gasteiger partial charge < -0.3 is 20.0 Å². The largest absolute Gasteiger partial charge is 0.396 e. The predicted octanol–water partition coefficient (Wildman–Crippen LogP) is 2.26. The third-order valence-electron chi connectivity index (χ3n) is 6.34. The van der Waals surface area contributed by atoms with Gasteiger partial charge in [-0.2, -0.15) is 4.98 Å². The molecule has 4 rings (SSSR count). The number of anilines is 2. The number of rotatable bonds is 6. The second-order valence-corrected chi connectivity index (χ2v) is 8.23. The highest BCUT2D eigenvalue weighted by molar-refractivity contribution is 5.45. The molecule has 6 nitrogen and oxygen atoms in total. The summed E-state index contributed by atoms with van der Waals surface area (Å²) >= 11 is 0. The monoisotopic (exact) mass is 382 g/mol. The van der Waals surface area contributed by atoms with Gasteiger partial charge in [0.05, 0.1) is 6.10 Å². The fourth-order valence-corrected chi connectivity index (χ4v) is 4.34. The van der Waals surface area contributed by atoms with Crippen molar-refractivity contribution in [2.75, 3.05) is 42.6 Å². The van der Waals surface area contributed by atoms with Crippen LogP contribution in [0.1, 0.15) is 31.2 Å². The number of aromatic nitrogens is 2. The number of β-amino-alcohol motifs (C(OH)–C–C–N with tert-alkyl or cyclic N) is 1. The van der Waals surface area contributed by atoms with Crippen molar-refractivity contribution in [3.05, 3.63) is 48.2 Å². The van der Waals surface area contributed by atoms with Crippen molar-refractivity contribution in [3.8, 4) is 0 Å². The molecular weight excluding hydrogens is 352 g/mol. The van der Waals surface area contributed by atoms with Gasteiger partial charge in [-0.3, -0.25) is 0 Å². The highest BCUT2D eigenvalue weighted by Crippen LogP contribution is 2.36. The molecule has 1 aromatic heterocycles. The number of aliphatic hydroxyl groups excluding tert-OH is 2. The number of hydrogen-bond acceptors (Lipinski definition) is 6. The molecular formula is C22H30N4O2. The van der Waals surface area contributed by atoms with Gasteiger partial charge in [-0.25, -0.2) is 4.98 Å². The fraction of sp³-hybridized carbons (Fsp3) is 0.545. The summed E-state index contributed by atoms with van der Waals surface area (Å²) in [7, 11) is 0. The van der Waals surface area contributed by atoms with Gasteiger partial charge in [-0.1, -0.05) is 30.3 Å². The SMILES string of the molecule is OCC1(CCc2ccccc2)CCN(c2nccc(N3CC[C@@H](O)C3)n2)CC1. The van der Waals surface area contributed by atoms with Gasteiger partial charge in [0, 0.05) is 39.0 Å². The molecule has 0 radical (unpaired) electrons. The van der Waals surface area contributed by atoms with E-state index < -0.39 is 0 Å². The van der Waals surface area contributed by atoms with Crippen LogP contribution in [-0.4, -0.2) is 59.1 Å². The summed E-state index contributed by atoms with van der Waals surface area (Å²) < 4.78 is 0. The molecule has 6 heteroatoms. The third-order valence-corrected chi connectivity index (χ3v) is 6.34. The van der Waals surface area contributed by atoms with Crippen LogP contribution in [-0.2, 0) is 6.42 Å². The van der Waals surface area contributed by atoms with Crippen LogP contribution in [0.5, 0.6) is 0 Å². The van der Waals surface area contributed by atoms with Gasteiger partial charge in [0.2, 0.25) is 5.95 Å². The summed E-state index contributed by atoms with van der Waals surface area (Å²) in [5.74, 6) is 1.65. The van der Waals surface area contributed by atoms with Crippen LogP contribution in [0.4, 0.5) is 11.8 Å². The highest BCUT2D eigenvalue weighted by atomic mass is 16.3. The maximum atomic E-state index is 10.1. The molecule has 0 aliphatic carbocycles. The van der Waals surface area contributed by atoms with Gasteiger partial charge in [0.15, 0.2) is 0 Å². The van der Waals surface area contributed by atoms with E-state index in [0.29, 0.717) is 6.54 Å². The average molecular weight is 383 g/mol. The van der Waals surface area contributed by atoms with Crippen molar-refractivity contribution < 1.29 is 10.2 Å². The molecule has 1 aromatic carbocycles. The smallest absolute Gasteiger partial charge is 0.227 e. The summed E-state index contributed by atoms with van der Waals surface area (Å²) in [6.07, 6.45) is 6.26. The number of aliphatic hydroxyl groups is 2. The second-order valence-electron chi connectivity index (χ2n) is 8.23. The van der Waals surface area contributed by atoms with E-state index in [1.54, 1.807) is 0 Å². The van der Waals surface area contributed by atoms with Crippen LogP contribution < -0.4 is 9.80 Å². The Morgan fingerprint density at radius 2 is 1.82 bits per heavy atom. The highest BCUT2D eigenvalue weighted by Gasteiger charge is 2.34. The molecule has 2 saturated heterocycles. The van der Waals surface area contributed by atoms with E-state index in [2.05, 4.69) is 39.0 Å². The number of hydrogen-bond donors (Lipinski definition) is 2. The van der Waals surface area contributed by atoms with E-state index in [-0.39, 0.29) is 18.1 Å².